The van der Waals surface area contributed by atoms with Gasteiger partial charge in [-0.25, -0.2) is 16.8 Å². The van der Waals surface area contributed by atoms with Crippen LogP contribution in [0.4, 0.5) is 17.1 Å². The molecule has 3 aromatic rings. The maximum Gasteiger partial charge on any atom is 1.00 e. The Morgan fingerprint density at radius 2 is 1.52 bits per heavy atom. The molecule has 0 spiro atoms. The average molecular weight is 481 g/mol. The van der Waals surface area contributed by atoms with Crippen molar-refractivity contribution in [2.24, 2.45) is 10.2 Å². The molecular weight excluding hydrogens is 468 g/mol. The van der Waals surface area contributed by atoms with E-state index in [1.807, 2.05) is 0 Å². The summed E-state index contributed by atoms with van der Waals surface area (Å²) in [6, 6.07) is 10.7. The van der Waals surface area contributed by atoms with Gasteiger partial charge >= 0.3 is 59.1 Å². The van der Waals surface area contributed by atoms with Gasteiger partial charge < -0.3 is 19.9 Å². The third kappa shape index (κ3) is 7.22. The molecule has 152 valence electrons. The minimum Gasteiger partial charge on any atom is -0.748 e. The van der Waals surface area contributed by atoms with Gasteiger partial charge in [-0.05, 0) is 41.3 Å². The molecule has 0 aliphatic carbocycles. The van der Waals surface area contributed by atoms with Crippen LogP contribution in [-0.4, -0.2) is 31.0 Å². The SMILES string of the molecule is Nc1ccc2cc(S(=O)(=O)[O-])c(N=Nc3ccc(CS(=O)(=O)[O-])cc3)c(O)c2c1.[Na+].[Na+]. The van der Waals surface area contributed by atoms with E-state index >= 15 is 0 Å². The number of aromatic hydroxyl groups is 1. The molecule has 3 aromatic carbocycles. The van der Waals surface area contributed by atoms with Crippen molar-refractivity contribution in [1.29, 1.82) is 0 Å². The third-order valence-corrected chi connectivity index (χ3v) is 5.43. The largest absolute Gasteiger partial charge is 1.00 e. The number of nitrogens with two attached hydrogens (primary N) is 1. The Bertz CT molecular complexity index is 1340. The van der Waals surface area contributed by atoms with Crippen LogP contribution in [-0.2, 0) is 26.0 Å². The Morgan fingerprint density at radius 1 is 0.903 bits per heavy atom. The number of hydrogen-bond donors (Lipinski definition) is 2. The van der Waals surface area contributed by atoms with Crippen LogP contribution in [0.3, 0.4) is 0 Å². The maximum atomic E-state index is 11.6. The fraction of sp³-hybridized carbons (Fsp3) is 0.0588. The molecule has 0 atom stereocenters. The molecule has 0 amide bonds. The standard InChI is InChI=1S/C17H15N3O7S2.2Na/c18-12-4-3-11-7-15(29(25,26)27)16(17(21)14(11)8-12)20-19-13-5-1-10(2-6-13)9-28(22,23)24;;/h1-8,21H,9,18H2,(H,22,23,24)(H,25,26,27);;/q;2*+1/p-2. The second-order valence-corrected chi connectivity index (χ2v) is 8.83. The molecule has 3 rings (SSSR count). The zero-order chi connectivity index (χ0) is 21.4. The minimum absolute atomic E-state index is 0. The number of rotatable bonds is 5. The first kappa shape index (κ1) is 28.0. The summed E-state index contributed by atoms with van der Waals surface area (Å²) in [5, 5.41) is 18.4. The second-order valence-electron chi connectivity index (χ2n) is 6.08. The topological polar surface area (TPSA) is 185 Å². The summed E-state index contributed by atoms with van der Waals surface area (Å²) in [6.45, 7) is 0. The van der Waals surface area contributed by atoms with Crippen molar-refractivity contribution in [3.05, 3.63) is 54.1 Å². The third-order valence-electron chi connectivity index (χ3n) is 3.89. The molecule has 0 aromatic heterocycles. The summed E-state index contributed by atoms with van der Waals surface area (Å²) >= 11 is 0. The second kappa shape index (κ2) is 10.7. The molecule has 0 radical (unpaired) electrons. The number of benzene rings is 3. The van der Waals surface area contributed by atoms with Gasteiger partial charge in [-0.15, -0.1) is 5.11 Å². The minimum atomic E-state index is -4.99. The molecule has 0 saturated heterocycles. The first-order chi connectivity index (χ1) is 13.4. The van der Waals surface area contributed by atoms with E-state index in [0.717, 1.165) is 6.07 Å². The molecule has 0 fully saturated rings. The zero-order valence-corrected chi connectivity index (χ0v) is 22.1. The Balaban J connectivity index is 0.00000240. The quantitative estimate of drug-likeness (QED) is 0.163. The number of anilines is 1. The molecule has 0 heterocycles. The maximum absolute atomic E-state index is 11.6. The van der Waals surface area contributed by atoms with Crippen LogP contribution in [0.15, 0.2) is 63.7 Å². The van der Waals surface area contributed by atoms with Gasteiger partial charge in [0.05, 0.1) is 26.5 Å². The van der Waals surface area contributed by atoms with E-state index in [1.165, 1.54) is 42.5 Å². The first-order valence-corrected chi connectivity index (χ1v) is 10.9. The molecule has 31 heavy (non-hydrogen) atoms. The van der Waals surface area contributed by atoms with Gasteiger partial charge in [0.25, 0.3) is 0 Å². The van der Waals surface area contributed by atoms with Crippen LogP contribution in [0.25, 0.3) is 10.8 Å². The fourth-order valence-corrected chi connectivity index (χ4v) is 3.86. The van der Waals surface area contributed by atoms with Crippen molar-refractivity contribution in [1.82, 2.24) is 0 Å². The first-order valence-electron chi connectivity index (χ1n) is 7.89. The number of azo groups is 1. The van der Waals surface area contributed by atoms with E-state index in [4.69, 9.17) is 5.73 Å². The predicted octanol–water partition coefficient (Wildman–Crippen LogP) is -3.50. The van der Waals surface area contributed by atoms with Crippen molar-refractivity contribution in [3.8, 4) is 5.75 Å². The zero-order valence-electron chi connectivity index (χ0n) is 16.5. The molecule has 3 N–H and O–H groups in total. The van der Waals surface area contributed by atoms with E-state index in [-0.39, 0.29) is 81.1 Å². The van der Waals surface area contributed by atoms with Gasteiger partial charge in [-0.2, -0.15) is 5.11 Å². The monoisotopic (exact) mass is 481 g/mol. The number of hydrogen-bond acceptors (Lipinski definition) is 10. The number of nitrogen functional groups attached to an aromatic ring is 1. The number of nitrogens with zero attached hydrogens (tertiary/aromatic N) is 2. The average Bonchev–Trinajstić information content (AvgIpc) is 2.60. The normalized spacial score (nSPS) is 11.8. The summed E-state index contributed by atoms with van der Waals surface area (Å²) in [6.07, 6.45) is 0. The fourth-order valence-electron chi connectivity index (χ4n) is 2.62. The predicted molar refractivity (Wildman–Crippen MR) is 102 cm³/mol. The smallest absolute Gasteiger partial charge is 0.748 e. The van der Waals surface area contributed by atoms with E-state index in [2.05, 4.69) is 10.2 Å². The molecule has 14 heteroatoms. The van der Waals surface area contributed by atoms with Gasteiger partial charge in [0.1, 0.15) is 15.8 Å². The van der Waals surface area contributed by atoms with E-state index < -0.39 is 42.3 Å². The van der Waals surface area contributed by atoms with Crippen LogP contribution in [0.5, 0.6) is 5.75 Å². The van der Waals surface area contributed by atoms with Crippen molar-refractivity contribution < 1.29 is 90.2 Å². The van der Waals surface area contributed by atoms with Crippen LogP contribution in [0.2, 0.25) is 0 Å². The van der Waals surface area contributed by atoms with Crippen LogP contribution >= 0.6 is 0 Å². The Kier molecular flexibility index (Phi) is 9.66. The van der Waals surface area contributed by atoms with Crippen molar-refractivity contribution in [2.75, 3.05) is 5.73 Å². The van der Waals surface area contributed by atoms with Gasteiger partial charge in [-0.3, -0.25) is 0 Å². The summed E-state index contributed by atoms with van der Waals surface area (Å²) < 4.78 is 67.2. The van der Waals surface area contributed by atoms with Crippen LogP contribution in [0, 0.1) is 0 Å². The van der Waals surface area contributed by atoms with Gasteiger partial charge in [-0.1, -0.05) is 18.2 Å². The summed E-state index contributed by atoms with van der Waals surface area (Å²) in [7, 11) is -9.43. The van der Waals surface area contributed by atoms with Gasteiger partial charge in [0.2, 0.25) is 0 Å². The molecule has 0 saturated carbocycles. The molecule has 0 bridgehead atoms. The number of phenols is 1. The van der Waals surface area contributed by atoms with Gasteiger partial charge in [0, 0.05) is 11.1 Å². The van der Waals surface area contributed by atoms with E-state index in [0.29, 0.717) is 5.69 Å². The molecule has 0 aliphatic rings. The summed E-state index contributed by atoms with van der Waals surface area (Å²) in [5.74, 6) is -1.28. The molecular formula is C17H13N3Na2O7S2. The Labute approximate surface area is 222 Å². The van der Waals surface area contributed by atoms with Gasteiger partial charge in [0.15, 0.2) is 5.75 Å². The molecule has 10 nitrogen and oxygen atoms in total. The van der Waals surface area contributed by atoms with Crippen molar-refractivity contribution in [2.45, 2.75) is 10.6 Å². The number of fused-ring (bicyclic) bond motifs is 1. The molecule has 0 unspecified atom stereocenters. The summed E-state index contributed by atoms with van der Waals surface area (Å²) in [5.41, 5.74) is 5.82. The Morgan fingerprint density at radius 3 is 2.06 bits per heavy atom. The van der Waals surface area contributed by atoms with Crippen LogP contribution in [0.1, 0.15) is 5.56 Å². The van der Waals surface area contributed by atoms with Crippen LogP contribution < -0.4 is 64.8 Å². The van der Waals surface area contributed by atoms with E-state index in [1.54, 1.807) is 0 Å². The van der Waals surface area contributed by atoms with Crippen molar-refractivity contribution >= 4 is 48.1 Å². The number of phenolic OH excluding ortho intramolecular Hbond substituents is 1. The molecule has 0 aliphatic heterocycles. The van der Waals surface area contributed by atoms with E-state index in [9.17, 15) is 31.0 Å². The summed E-state index contributed by atoms with van der Waals surface area (Å²) in [4.78, 5) is -0.759. The van der Waals surface area contributed by atoms with Crippen molar-refractivity contribution in [3.63, 3.8) is 0 Å². The Hall–Kier alpha value is -1.06.